The van der Waals surface area contributed by atoms with Gasteiger partial charge in [0, 0.05) is 13.2 Å². The lowest BCUT2D eigenvalue weighted by molar-refractivity contribution is -0.116. The molecule has 0 aliphatic rings. The van der Waals surface area contributed by atoms with E-state index in [4.69, 9.17) is 11.6 Å². The quantitative estimate of drug-likeness (QED) is 0.738. The molecule has 0 saturated carbocycles. The summed E-state index contributed by atoms with van der Waals surface area (Å²) in [6.45, 7) is -0.465. The van der Waals surface area contributed by atoms with Crippen molar-refractivity contribution in [1.82, 2.24) is 9.29 Å². The van der Waals surface area contributed by atoms with Crippen molar-refractivity contribution in [2.24, 2.45) is 0 Å². The minimum Gasteiger partial charge on any atom is -0.465 e. The predicted octanol–water partition coefficient (Wildman–Crippen LogP) is 1.84. The fourth-order valence-corrected chi connectivity index (χ4v) is 4.67. The van der Waals surface area contributed by atoms with E-state index in [9.17, 15) is 18.0 Å². The van der Waals surface area contributed by atoms with Crippen molar-refractivity contribution < 1.29 is 22.7 Å². The summed E-state index contributed by atoms with van der Waals surface area (Å²) in [7, 11) is -1.76. The molecule has 0 spiro atoms. The second-order valence-electron chi connectivity index (χ2n) is 4.76. The van der Waals surface area contributed by atoms with Gasteiger partial charge >= 0.3 is 5.97 Å². The van der Waals surface area contributed by atoms with Crippen molar-refractivity contribution in [2.45, 2.75) is 4.90 Å². The van der Waals surface area contributed by atoms with Gasteiger partial charge in [-0.3, -0.25) is 4.79 Å². The molecular weight excluding hydrogens is 390 g/mol. The molecule has 0 fully saturated rings. The Balaban J connectivity index is 2.19. The molecule has 0 atom stereocenters. The number of amides is 1. The highest BCUT2D eigenvalue weighted by molar-refractivity contribution is 7.89. The van der Waals surface area contributed by atoms with Crippen LogP contribution >= 0.6 is 22.9 Å². The van der Waals surface area contributed by atoms with Crippen LogP contribution in [0.15, 0.2) is 35.4 Å². The number of pyridine rings is 1. The van der Waals surface area contributed by atoms with Crippen LogP contribution in [0.2, 0.25) is 4.34 Å². The summed E-state index contributed by atoms with van der Waals surface area (Å²) < 4.78 is 30.8. The maximum Gasteiger partial charge on any atom is 0.349 e. The van der Waals surface area contributed by atoms with Crippen LogP contribution < -0.4 is 5.32 Å². The van der Waals surface area contributed by atoms with Gasteiger partial charge in [-0.2, -0.15) is 4.31 Å². The third kappa shape index (κ3) is 4.54. The van der Waals surface area contributed by atoms with Crippen molar-refractivity contribution in [1.29, 1.82) is 0 Å². The van der Waals surface area contributed by atoms with E-state index in [0.29, 0.717) is 5.82 Å². The predicted molar refractivity (Wildman–Crippen MR) is 93.4 cm³/mol. The maximum absolute atomic E-state index is 12.6. The molecule has 0 bridgehead atoms. The molecule has 0 saturated heterocycles. The molecule has 25 heavy (non-hydrogen) atoms. The zero-order chi connectivity index (χ0) is 18.6. The van der Waals surface area contributed by atoms with Crippen molar-refractivity contribution in [2.75, 3.05) is 26.0 Å². The first kappa shape index (κ1) is 19.3. The highest BCUT2D eigenvalue weighted by Gasteiger charge is 2.31. The van der Waals surface area contributed by atoms with Crippen LogP contribution in [0.25, 0.3) is 0 Å². The number of hydrogen-bond donors (Lipinski definition) is 1. The first-order valence-electron chi connectivity index (χ1n) is 6.80. The fourth-order valence-electron chi connectivity index (χ4n) is 1.85. The van der Waals surface area contributed by atoms with Gasteiger partial charge in [0.25, 0.3) is 0 Å². The lowest BCUT2D eigenvalue weighted by atomic mass is 10.4. The fraction of sp³-hybridized carbons (Fsp3) is 0.214. The number of carbonyl (C=O) groups is 2. The van der Waals surface area contributed by atoms with Gasteiger partial charge in [-0.25, -0.2) is 18.2 Å². The van der Waals surface area contributed by atoms with Crippen LogP contribution in [-0.2, 0) is 19.6 Å². The molecule has 0 radical (unpaired) electrons. The lowest BCUT2D eigenvalue weighted by Gasteiger charge is -2.16. The molecule has 2 heterocycles. The average Bonchev–Trinajstić information content (AvgIpc) is 2.97. The molecule has 134 valence electrons. The molecular formula is C14H14ClN3O5S2. The van der Waals surface area contributed by atoms with Crippen LogP contribution in [0.4, 0.5) is 5.82 Å². The molecule has 0 aliphatic carbocycles. The zero-order valence-electron chi connectivity index (χ0n) is 13.2. The Bertz CT molecular complexity index is 883. The number of carbonyl (C=O) groups excluding carboxylic acids is 2. The number of anilines is 1. The number of likely N-dealkylation sites (N-methyl/N-ethyl adjacent to an activating group) is 1. The molecule has 0 aromatic carbocycles. The number of rotatable bonds is 6. The number of ether oxygens (including phenoxy) is 1. The number of esters is 1. The number of hydrogen-bond acceptors (Lipinski definition) is 7. The Morgan fingerprint density at radius 2 is 2.12 bits per heavy atom. The van der Waals surface area contributed by atoms with E-state index in [1.54, 1.807) is 18.2 Å². The Kier molecular flexibility index (Phi) is 6.11. The lowest BCUT2D eigenvalue weighted by Crippen LogP contribution is -2.35. The van der Waals surface area contributed by atoms with Gasteiger partial charge in [0.2, 0.25) is 15.9 Å². The summed E-state index contributed by atoms with van der Waals surface area (Å²) in [6, 6.07) is 6.08. The molecule has 2 aromatic rings. The third-order valence-electron chi connectivity index (χ3n) is 3.03. The molecule has 11 heteroatoms. The number of nitrogens with zero attached hydrogens (tertiary/aromatic N) is 2. The summed E-state index contributed by atoms with van der Waals surface area (Å²) in [4.78, 5) is 27.2. The number of aromatic nitrogens is 1. The SMILES string of the molecule is COC(=O)c1sc(Cl)cc1S(=O)(=O)N(C)CC(=O)Nc1ccccn1. The topological polar surface area (TPSA) is 106 Å². The third-order valence-corrected chi connectivity index (χ3v) is 6.23. The van der Waals surface area contributed by atoms with E-state index < -0.39 is 28.4 Å². The second-order valence-corrected chi connectivity index (χ2v) is 8.46. The smallest absolute Gasteiger partial charge is 0.349 e. The Morgan fingerprint density at radius 1 is 1.40 bits per heavy atom. The maximum atomic E-state index is 12.6. The van der Waals surface area contributed by atoms with Crippen LogP contribution in [0.5, 0.6) is 0 Å². The zero-order valence-corrected chi connectivity index (χ0v) is 15.6. The number of sulfonamides is 1. The summed E-state index contributed by atoms with van der Waals surface area (Å²) in [5.41, 5.74) is 0. The number of thiophene rings is 1. The molecule has 0 aliphatic heterocycles. The summed E-state index contributed by atoms with van der Waals surface area (Å²) >= 11 is 6.62. The normalized spacial score (nSPS) is 11.4. The Hall–Kier alpha value is -2.01. The number of methoxy groups -OCH3 is 1. The van der Waals surface area contributed by atoms with E-state index in [1.165, 1.54) is 13.2 Å². The van der Waals surface area contributed by atoms with Gasteiger partial charge in [-0.05, 0) is 18.2 Å². The van der Waals surface area contributed by atoms with Gasteiger partial charge < -0.3 is 10.1 Å². The highest BCUT2D eigenvalue weighted by Crippen LogP contribution is 2.32. The summed E-state index contributed by atoms with van der Waals surface area (Å²) in [5, 5.41) is 2.48. The summed E-state index contributed by atoms with van der Waals surface area (Å²) in [5.74, 6) is -1.10. The van der Waals surface area contributed by atoms with E-state index in [2.05, 4.69) is 15.0 Å². The van der Waals surface area contributed by atoms with Gasteiger partial charge in [0.15, 0.2) is 0 Å². The monoisotopic (exact) mass is 403 g/mol. The first-order chi connectivity index (χ1) is 11.8. The average molecular weight is 404 g/mol. The van der Waals surface area contributed by atoms with E-state index in [0.717, 1.165) is 28.8 Å². The van der Waals surface area contributed by atoms with Crippen molar-refractivity contribution in [3.8, 4) is 0 Å². The van der Waals surface area contributed by atoms with E-state index in [1.807, 2.05) is 0 Å². The molecule has 0 unspecified atom stereocenters. The Morgan fingerprint density at radius 3 is 2.72 bits per heavy atom. The second kappa shape index (κ2) is 7.91. The number of nitrogens with one attached hydrogen (secondary N) is 1. The van der Waals surface area contributed by atoms with Crippen molar-refractivity contribution >= 4 is 50.7 Å². The molecule has 8 nitrogen and oxygen atoms in total. The molecule has 2 rings (SSSR count). The molecule has 1 N–H and O–H groups in total. The van der Waals surface area contributed by atoms with Crippen LogP contribution in [0.1, 0.15) is 9.67 Å². The Labute approximate surface area is 153 Å². The first-order valence-corrected chi connectivity index (χ1v) is 9.44. The molecule has 1 amide bonds. The number of halogens is 1. The molecule has 2 aromatic heterocycles. The van der Waals surface area contributed by atoms with Crippen molar-refractivity contribution in [3.05, 3.63) is 39.7 Å². The minimum absolute atomic E-state index is 0.116. The summed E-state index contributed by atoms with van der Waals surface area (Å²) in [6.07, 6.45) is 1.49. The van der Waals surface area contributed by atoms with E-state index in [-0.39, 0.29) is 14.1 Å². The van der Waals surface area contributed by atoms with Crippen LogP contribution in [0.3, 0.4) is 0 Å². The van der Waals surface area contributed by atoms with Gasteiger partial charge in [-0.15, -0.1) is 11.3 Å². The minimum atomic E-state index is -4.11. The van der Waals surface area contributed by atoms with Gasteiger partial charge in [-0.1, -0.05) is 17.7 Å². The largest absolute Gasteiger partial charge is 0.465 e. The standard InChI is InChI=1S/C14H14ClN3O5S2/c1-18(8-12(19)17-11-5-3-4-6-16-11)25(21,22)9-7-10(15)24-13(9)14(20)23-2/h3-7H,8H2,1-2H3,(H,16,17,19). The van der Waals surface area contributed by atoms with Crippen LogP contribution in [0, 0.1) is 0 Å². The van der Waals surface area contributed by atoms with Crippen LogP contribution in [-0.4, -0.2) is 50.3 Å². The highest BCUT2D eigenvalue weighted by atomic mass is 35.5. The van der Waals surface area contributed by atoms with Crippen molar-refractivity contribution in [3.63, 3.8) is 0 Å². The van der Waals surface area contributed by atoms with Gasteiger partial charge in [0.1, 0.15) is 15.6 Å². The van der Waals surface area contributed by atoms with E-state index >= 15 is 0 Å². The van der Waals surface area contributed by atoms with Gasteiger partial charge in [0.05, 0.1) is 18.0 Å².